The summed E-state index contributed by atoms with van der Waals surface area (Å²) < 4.78 is 0. The van der Waals surface area contributed by atoms with Crippen LogP contribution in [0.4, 0.5) is 17.1 Å². The highest BCUT2D eigenvalue weighted by Crippen LogP contribution is 2.93. The molecule has 0 aliphatic heterocycles. The first-order valence-corrected chi connectivity index (χ1v) is 20.1. The van der Waals surface area contributed by atoms with Gasteiger partial charge in [0.15, 0.2) is 0 Å². The smallest absolute Gasteiger partial charge is 0.0540 e. The Kier molecular flexibility index (Phi) is 6.86. The van der Waals surface area contributed by atoms with Crippen LogP contribution < -0.4 is 4.90 Å². The molecule has 4 aliphatic carbocycles. The maximum Gasteiger partial charge on any atom is 0.0540 e. The largest absolute Gasteiger partial charge is 0.309 e. The van der Waals surface area contributed by atoms with Gasteiger partial charge in [0.05, 0.1) is 11.4 Å². The molecule has 7 aromatic rings. The van der Waals surface area contributed by atoms with Crippen LogP contribution in [0.2, 0.25) is 0 Å². The van der Waals surface area contributed by atoms with E-state index in [0.29, 0.717) is 10.8 Å². The van der Waals surface area contributed by atoms with E-state index in [-0.39, 0.29) is 5.41 Å². The van der Waals surface area contributed by atoms with E-state index in [4.69, 9.17) is 0 Å². The number of benzene rings is 7. The Bertz CT molecular complexity index is 2530. The first kappa shape index (κ1) is 32.1. The van der Waals surface area contributed by atoms with Crippen molar-refractivity contribution in [2.75, 3.05) is 4.90 Å². The van der Waals surface area contributed by atoms with E-state index in [1.54, 1.807) is 5.56 Å². The molecule has 0 radical (unpaired) electrons. The lowest BCUT2D eigenvalue weighted by molar-refractivity contribution is -0.394. The van der Waals surface area contributed by atoms with E-state index < -0.39 is 0 Å². The Balaban J connectivity index is 1.14. The topological polar surface area (TPSA) is 3.24 Å². The molecule has 264 valence electrons. The van der Waals surface area contributed by atoms with Gasteiger partial charge >= 0.3 is 0 Å². The molecular weight excluding hydrogens is 651 g/mol. The summed E-state index contributed by atoms with van der Waals surface area (Å²) in [5.74, 6) is 2.89. The molecule has 4 fully saturated rings. The Morgan fingerprint density at radius 3 is 1.76 bits per heavy atom. The zero-order valence-corrected chi connectivity index (χ0v) is 31.6. The minimum Gasteiger partial charge on any atom is -0.309 e. The summed E-state index contributed by atoms with van der Waals surface area (Å²) in [5.41, 5.74) is 15.0. The molecule has 4 aliphatic rings. The molecule has 2 atom stereocenters. The summed E-state index contributed by atoms with van der Waals surface area (Å²) in [6.07, 6.45) is 5.73. The third-order valence-electron chi connectivity index (χ3n) is 14.5. The van der Waals surface area contributed by atoms with Crippen molar-refractivity contribution in [3.8, 4) is 33.4 Å². The van der Waals surface area contributed by atoms with Gasteiger partial charge in [-0.2, -0.15) is 0 Å². The van der Waals surface area contributed by atoms with Gasteiger partial charge in [-0.15, -0.1) is 0 Å². The highest BCUT2D eigenvalue weighted by atomic mass is 15.1. The summed E-state index contributed by atoms with van der Waals surface area (Å²) in [6, 6.07) is 61.5. The first-order valence-electron chi connectivity index (χ1n) is 20.1. The average molecular weight is 698 g/mol. The van der Waals surface area contributed by atoms with Gasteiger partial charge in [-0.25, -0.2) is 0 Å². The van der Waals surface area contributed by atoms with E-state index in [2.05, 4.69) is 189 Å². The molecule has 0 heterocycles. The number of hydrogen-bond donors (Lipinski definition) is 0. The predicted molar refractivity (Wildman–Crippen MR) is 227 cm³/mol. The van der Waals surface area contributed by atoms with Crippen LogP contribution in [0.5, 0.6) is 0 Å². The fourth-order valence-corrected chi connectivity index (χ4v) is 12.1. The Morgan fingerprint density at radius 1 is 0.500 bits per heavy atom. The molecule has 0 bridgehead atoms. The highest BCUT2D eigenvalue weighted by Gasteiger charge is 2.87. The normalized spacial score (nSPS) is 24.6. The lowest BCUT2D eigenvalue weighted by atomic mass is 9.12. The van der Waals surface area contributed by atoms with Crippen LogP contribution in [-0.2, 0) is 10.8 Å². The van der Waals surface area contributed by atoms with Gasteiger partial charge in [0.1, 0.15) is 0 Å². The number of para-hydroxylation sites is 1. The van der Waals surface area contributed by atoms with E-state index in [1.165, 1.54) is 86.8 Å². The van der Waals surface area contributed by atoms with E-state index in [9.17, 15) is 0 Å². The SMILES string of the molecule is CC(C)(C)c1ccc(N(c2ccc(-c3ccccc3)cc2)c2ccccc2-c2cccc3cccc(C45CC6CC7CC(C4)C765)c23)c(-c2ccccc2)c1. The summed E-state index contributed by atoms with van der Waals surface area (Å²) in [4.78, 5) is 2.53. The molecule has 11 rings (SSSR count). The van der Waals surface area contributed by atoms with Crippen LogP contribution in [0.1, 0.15) is 57.6 Å². The molecule has 0 N–H and O–H groups in total. The highest BCUT2D eigenvalue weighted by molar-refractivity contribution is 6.04. The molecule has 54 heavy (non-hydrogen) atoms. The molecule has 0 saturated heterocycles. The fourth-order valence-electron chi connectivity index (χ4n) is 12.1. The van der Waals surface area contributed by atoms with Gasteiger partial charge in [0.2, 0.25) is 0 Å². The van der Waals surface area contributed by atoms with Crippen LogP contribution in [0.25, 0.3) is 44.2 Å². The molecule has 1 nitrogen and oxygen atoms in total. The summed E-state index contributed by atoms with van der Waals surface area (Å²) >= 11 is 0. The Labute approximate surface area is 320 Å². The Hall–Kier alpha value is -5.40. The summed E-state index contributed by atoms with van der Waals surface area (Å²) in [7, 11) is 0. The van der Waals surface area contributed by atoms with Crippen molar-refractivity contribution in [3.05, 3.63) is 175 Å². The molecular formula is C53H47N. The molecule has 7 aromatic carbocycles. The predicted octanol–water partition coefficient (Wildman–Crippen LogP) is 14.3. The number of hydrogen-bond acceptors (Lipinski definition) is 1. The maximum atomic E-state index is 2.53. The second-order valence-corrected chi connectivity index (χ2v) is 17.8. The number of anilines is 3. The summed E-state index contributed by atoms with van der Waals surface area (Å²) in [5, 5.41) is 2.84. The van der Waals surface area contributed by atoms with Crippen molar-refractivity contribution in [2.45, 2.75) is 57.3 Å². The van der Waals surface area contributed by atoms with Crippen LogP contribution >= 0.6 is 0 Å². The third-order valence-corrected chi connectivity index (χ3v) is 14.5. The van der Waals surface area contributed by atoms with Crippen molar-refractivity contribution < 1.29 is 0 Å². The third kappa shape index (κ3) is 4.33. The van der Waals surface area contributed by atoms with Crippen molar-refractivity contribution >= 4 is 27.8 Å². The number of nitrogens with zero attached hydrogens (tertiary/aromatic N) is 1. The van der Waals surface area contributed by atoms with E-state index in [0.717, 1.165) is 23.4 Å². The lowest BCUT2D eigenvalue weighted by Gasteiger charge is -2.91. The molecule has 4 saturated carbocycles. The van der Waals surface area contributed by atoms with Crippen LogP contribution in [0, 0.1) is 23.2 Å². The van der Waals surface area contributed by atoms with Gasteiger partial charge in [0.25, 0.3) is 0 Å². The fraction of sp³-hybridized carbons (Fsp3) is 0.245. The first-order chi connectivity index (χ1) is 26.4. The van der Waals surface area contributed by atoms with Gasteiger partial charge in [-0.05, 0) is 129 Å². The average Bonchev–Trinajstić information content (AvgIpc) is 3.17. The van der Waals surface area contributed by atoms with Crippen molar-refractivity contribution in [3.63, 3.8) is 0 Å². The van der Waals surface area contributed by atoms with E-state index >= 15 is 0 Å². The monoisotopic (exact) mass is 697 g/mol. The zero-order chi connectivity index (χ0) is 36.2. The van der Waals surface area contributed by atoms with Gasteiger partial charge < -0.3 is 4.90 Å². The molecule has 2 unspecified atom stereocenters. The quantitative estimate of drug-likeness (QED) is 0.160. The second kappa shape index (κ2) is 11.6. The van der Waals surface area contributed by atoms with Gasteiger partial charge in [0, 0.05) is 22.2 Å². The standard InChI is InChI=1S/C53H47N/c1-51(2,3)39-26-29-49(46(32-39)37-16-8-5-9-17-37)54(43-27-24-36(25-28-43)35-14-6-4-7-15-35)48-23-11-10-20-44(48)45-21-12-18-38-19-13-22-47(50(38)45)52-33-41-30-40-31-42(34-52)53(40,41)52/h4-29,32,40-42H,30-31,33-34H2,1-3H3. The molecule has 0 aromatic heterocycles. The van der Waals surface area contributed by atoms with Crippen LogP contribution in [0.15, 0.2) is 164 Å². The second-order valence-electron chi connectivity index (χ2n) is 17.8. The minimum absolute atomic E-state index is 0.0152. The number of rotatable bonds is 7. The van der Waals surface area contributed by atoms with Crippen LogP contribution in [0.3, 0.4) is 0 Å². The lowest BCUT2D eigenvalue weighted by Crippen LogP contribution is -2.87. The zero-order valence-electron chi connectivity index (χ0n) is 31.6. The molecule has 1 heteroatoms. The Morgan fingerprint density at radius 2 is 1.09 bits per heavy atom. The van der Waals surface area contributed by atoms with Gasteiger partial charge in [-0.1, -0.05) is 154 Å². The molecule has 0 amide bonds. The summed E-state index contributed by atoms with van der Waals surface area (Å²) in [6.45, 7) is 6.94. The van der Waals surface area contributed by atoms with Crippen molar-refractivity contribution in [1.29, 1.82) is 0 Å². The van der Waals surface area contributed by atoms with Crippen molar-refractivity contribution in [2.24, 2.45) is 23.2 Å². The number of fused-ring (bicyclic) bond motifs is 1. The van der Waals surface area contributed by atoms with Gasteiger partial charge in [-0.3, -0.25) is 0 Å². The van der Waals surface area contributed by atoms with Crippen molar-refractivity contribution in [1.82, 2.24) is 0 Å². The van der Waals surface area contributed by atoms with Crippen LogP contribution in [-0.4, -0.2) is 0 Å². The van der Waals surface area contributed by atoms with E-state index in [1.807, 2.05) is 0 Å². The minimum atomic E-state index is 0.0152. The maximum absolute atomic E-state index is 2.53. The molecule has 1 spiro atoms.